The molecule has 1 aromatic heterocycles. The Labute approximate surface area is 93.3 Å². The molecule has 1 heterocycles. The summed E-state index contributed by atoms with van der Waals surface area (Å²) in [6, 6.07) is 10.5. The Morgan fingerprint density at radius 1 is 1.12 bits per heavy atom. The van der Waals surface area contributed by atoms with E-state index in [2.05, 4.69) is 15.2 Å². The second-order valence-electron chi connectivity index (χ2n) is 3.36. The van der Waals surface area contributed by atoms with Crippen molar-refractivity contribution in [2.75, 3.05) is 0 Å². The van der Waals surface area contributed by atoms with Gasteiger partial charge in [-0.05, 0) is 42.8 Å². The van der Waals surface area contributed by atoms with E-state index in [1.807, 2.05) is 19.1 Å². The third-order valence-corrected chi connectivity index (χ3v) is 2.10. The first-order chi connectivity index (χ1) is 7.75. The lowest BCUT2D eigenvalue weighted by molar-refractivity contribution is 0.471. The fraction of sp³-hybridized carbons (Fsp3) is 0.0833. The maximum atomic E-state index is 9.34. The van der Waals surface area contributed by atoms with Gasteiger partial charge in [0.25, 0.3) is 0 Å². The first kappa shape index (κ1) is 10.3. The predicted molar refractivity (Wildman–Crippen MR) is 61.3 cm³/mol. The third kappa shape index (κ3) is 2.42. The van der Waals surface area contributed by atoms with Crippen LogP contribution in [-0.4, -0.2) is 10.1 Å². The largest absolute Gasteiger partial charge is 0.508 e. The molecule has 0 amide bonds. The van der Waals surface area contributed by atoms with Gasteiger partial charge in [0.15, 0.2) is 5.82 Å². The van der Waals surface area contributed by atoms with Gasteiger partial charge in [0.1, 0.15) is 5.75 Å². The lowest BCUT2D eigenvalue weighted by Crippen LogP contribution is -1.73. The summed E-state index contributed by atoms with van der Waals surface area (Å²) in [5, 5.41) is 17.4. The van der Waals surface area contributed by atoms with Crippen LogP contribution in [0.4, 0.5) is 11.5 Å². The van der Waals surface area contributed by atoms with Gasteiger partial charge < -0.3 is 5.11 Å². The molecule has 0 aliphatic carbocycles. The molecular weight excluding hydrogens is 202 g/mol. The fourth-order valence-corrected chi connectivity index (χ4v) is 1.22. The third-order valence-electron chi connectivity index (χ3n) is 2.10. The Balaban J connectivity index is 2.21. The van der Waals surface area contributed by atoms with Gasteiger partial charge in [0.2, 0.25) is 0 Å². The highest BCUT2D eigenvalue weighted by molar-refractivity contribution is 5.46. The van der Waals surface area contributed by atoms with E-state index >= 15 is 0 Å². The SMILES string of the molecule is Cc1cc(N=Nc2ccccn2)ccc1O. The van der Waals surface area contributed by atoms with Gasteiger partial charge in [-0.1, -0.05) is 6.07 Å². The number of rotatable bonds is 2. The molecule has 0 fully saturated rings. The van der Waals surface area contributed by atoms with Crippen molar-refractivity contribution in [2.45, 2.75) is 6.92 Å². The monoisotopic (exact) mass is 213 g/mol. The minimum atomic E-state index is 0.261. The summed E-state index contributed by atoms with van der Waals surface area (Å²) in [4.78, 5) is 4.02. The first-order valence-electron chi connectivity index (χ1n) is 4.88. The van der Waals surface area contributed by atoms with E-state index in [-0.39, 0.29) is 5.75 Å². The quantitative estimate of drug-likeness (QED) is 0.776. The number of nitrogens with zero attached hydrogens (tertiary/aromatic N) is 3. The number of phenolic OH excluding ortho intramolecular Hbond substituents is 1. The fourth-order valence-electron chi connectivity index (χ4n) is 1.22. The zero-order valence-corrected chi connectivity index (χ0v) is 8.83. The molecule has 16 heavy (non-hydrogen) atoms. The van der Waals surface area contributed by atoms with Crippen LogP contribution in [0.3, 0.4) is 0 Å². The number of benzene rings is 1. The van der Waals surface area contributed by atoms with Gasteiger partial charge in [-0.15, -0.1) is 10.2 Å². The highest BCUT2D eigenvalue weighted by atomic mass is 16.3. The molecule has 4 heteroatoms. The van der Waals surface area contributed by atoms with Crippen molar-refractivity contribution < 1.29 is 5.11 Å². The predicted octanol–water partition coefficient (Wildman–Crippen LogP) is 3.51. The number of pyridine rings is 1. The second-order valence-corrected chi connectivity index (χ2v) is 3.36. The van der Waals surface area contributed by atoms with E-state index in [9.17, 15) is 5.11 Å². The smallest absolute Gasteiger partial charge is 0.174 e. The van der Waals surface area contributed by atoms with E-state index in [0.717, 1.165) is 5.56 Å². The first-order valence-corrected chi connectivity index (χ1v) is 4.88. The van der Waals surface area contributed by atoms with Crippen LogP contribution >= 0.6 is 0 Å². The summed E-state index contributed by atoms with van der Waals surface area (Å²) in [7, 11) is 0. The standard InChI is InChI=1S/C12H11N3O/c1-9-8-10(5-6-11(9)16)14-15-12-4-2-3-7-13-12/h2-8,16H,1H3. The summed E-state index contributed by atoms with van der Waals surface area (Å²) < 4.78 is 0. The number of aryl methyl sites for hydroxylation is 1. The van der Waals surface area contributed by atoms with Gasteiger partial charge in [-0.3, -0.25) is 0 Å². The average molecular weight is 213 g/mol. The molecule has 0 saturated carbocycles. The summed E-state index contributed by atoms with van der Waals surface area (Å²) in [6.45, 7) is 1.81. The molecule has 1 N–H and O–H groups in total. The van der Waals surface area contributed by atoms with Crippen molar-refractivity contribution in [2.24, 2.45) is 10.2 Å². The maximum Gasteiger partial charge on any atom is 0.174 e. The summed E-state index contributed by atoms with van der Waals surface area (Å²) in [5.41, 5.74) is 1.47. The van der Waals surface area contributed by atoms with Crippen molar-refractivity contribution >= 4 is 11.5 Å². The summed E-state index contributed by atoms with van der Waals surface area (Å²) in [5.74, 6) is 0.824. The Morgan fingerprint density at radius 2 is 2.00 bits per heavy atom. The highest BCUT2D eigenvalue weighted by Gasteiger charge is 1.96. The van der Waals surface area contributed by atoms with Crippen LogP contribution in [-0.2, 0) is 0 Å². The zero-order chi connectivity index (χ0) is 11.4. The van der Waals surface area contributed by atoms with Crippen molar-refractivity contribution in [3.63, 3.8) is 0 Å². The minimum absolute atomic E-state index is 0.261. The Morgan fingerprint density at radius 3 is 2.69 bits per heavy atom. The number of aromatic hydroxyl groups is 1. The molecule has 0 spiro atoms. The van der Waals surface area contributed by atoms with Gasteiger partial charge >= 0.3 is 0 Å². The van der Waals surface area contributed by atoms with Crippen LogP contribution in [0.1, 0.15) is 5.56 Å². The van der Waals surface area contributed by atoms with Gasteiger partial charge in [0, 0.05) is 6.20 Å². The van der Waals surface area contributed by atoms with Crippen molar-refractivity contribution in [3.05, 3.63) is 48.2 Å². The molecule has 4 nitrogen and oxygen atoms in total. The second kappa shape index (κ2) is 4.53. The Bertz CT molecular complexity index is 509. The molecule has 0 unspecified atom stereocenters. The molecule has 2 aromatic rings. The zero-order valence-electron chi connectivity index (χ0n) is 8.83. The molecule has 1 aromatic carbocycles. The summed E-state index contributed by atoms with van der Waals surface area (Å²) in [6.07, 6.45) is 1.66. The number of hydrogen-bond acceptors (Lipinski definition) is 4. The Hall–Kier alpha value is -2.23. The van der Waals surface area contributed by atoms with Crippen molar-refractivity contribution in [1.82, 2.24) is 4.98 Å². The molecule has 0 atom stereocenters. The van der Waals surface area contributed by atoms with Gasteiger partial charge in [-0.25, -0.2) is 4.98 Å². The minimum Gasteiger partial charge on any atom is -0.508 e. The van der Waals surface area contributed by atoms with Crippen LogP contribution in [0.2, 0.25) is 0 Å². The number of aromatic nitrogens is 1. The molecule has 0 aliphatic heterocycles. The van der Waals surface area contributed by atoms with Crippen molar-refractivity contribution in [3.8, 4) is 5.75 Å². The van der Waals surface area contributed by atoms with E-state index in [1.54, 1.807) is 30.5 Å². The summed E-state index contributed by atoms with van der Waals surface area (Å²) >= 11 is 0. The molecule has 2 rings (SSSR count). The highest BCUT2D eigenvalue weighted by Crippen LogP contribution is 2.23. The van der Waals surface area contributed by atoms with E-state index in [4.69, 9.17) is 0 Å². The number of hydrogen-bond donors (Lipinski definition) is 1. The van der Waals surface area contributed by atoms with Crippen LogP contribution in [0.15, 0.2) is 52.8 Å². The van der Waals surface area contributed by atoms with Gasteiger partial charge in [-0.2, -0.15) is 0 Å². The lowest BCUT2D eigenvalue weighted by Gasteiger charge is -1.98. The van der Waals surface area contributed by atoms with Crippen LogP contribution in [0.5, 0.6) is 5.75 Å². The molecular formula is C12H11N3O. The van der Waals surface area contributed by atoms with Crippen LogP contribution in [0, 0.1) is 6.92 Å². The van der Waals surface area contributed by atoms with E-state index < -0.39 is 0 Å². The normalized spacial score (nSPS) is 10.8. The lowest BCUT2D eigenvalue weighted by atomic mass is 10.2. The topological polar surface area (TPSA) is 57.8 Å². The molecule has 0 radical (unpaired) electrons. The van der Waals surface area contributed by atoms with Gasteiger partial charge in [0.05, 0.1) is 5.69 Å². The Kier molecular flexibility index (Phi) is 2.91. The number of phenols is 1. The molecule has 80 valence electrons. The van der Waals surface area contributed by atoms with Crippen LogP contribution < -0.4 is 0 Å². The van der Waals surface area contributed by atoms with Crippen molar-refractivity contribution in [1.29, 1.82) is 0 Å². The van der Waals surface area contributed by atoms with E-state index in [1.165, 1.54) is 0 Å². The average Bonchev–Trinajstić information content (AvgIpc) is 2.32. The maximum absolute atomic E-state index is 9.34. The number of azo groups is 1. The van der Waals surface area contributed by atoms with Crippen LogP contribution in [0.25, 0.3) is 0 Å². The molecule has 0 bridgehead atoms. The molecule has 0 aliphatic rings. The molecule has 0 saturated heterocycles. The van der Waals surface area contributed by atoms with E-state index in [0.29, 0.717) is 11.5 Å².